The summed E-state index contributed by atoms with van der Waals surface area (Å²) < 4.78 is 5.62. The molecule has 0 bridgehead atoms. The molecule has 0 aliphatic rings. The molecule has 0 aliphatic heterocycles. The van der Waals surface area contributed by atoms with E-state index in [9.17, 15) is 0 Å². The van der Waals surface area contributed by atoms with Crippen molar-refractivity contribution in [2.45, 2.75) is 95.9 Å². The fraction of sp³-hybridized carbons (Fsp3) is 0.556. The molecule has 186 valence electrons. The second kappa shape index (κ2) is 25.8. The quantitative estimate of drug-likeness (QED) is 0.369. The average molecular weight is 522 g/mol. The van der Waals surface area contributed by atoms with Gasteiger partial charge in [-0.2, -0.15) is 10.5 Å². The van der Waals surface area contributed by atoms with Gasteiger partial charge in [0.2, 0.25) is 5.88 Å². The van der Waals surface area contributed by atoms with Crippen LogP contribution < -0.4 is 4.74 Å². The van der Waals surface area contributed by atoms with Crippen LogP contribution in [0.5, 0.6) is 5.88 Å². The molecule has 2 heterocycles. The van der Waals surface area contributed by atoms with E-state index >= 15 is 0 Å². The monoisotopic (exact) mass is 520 g/mol. The molecule has 0 unspecified atom stereocenters. The first-order valence-corrected chi connectivity index (χ1v) is 12.6. The Morgan fingerprint density at radius 2 is 1.24 bits per heavy atom. The van der Waals surface area contributed by atoms with Crippen molar-refractivity contribution in [3.8, 4) is 18.0 Å². The Hall–Kier alpha value is -2.44. The number of pyridine rings is 2. The van der Waals surface area contributed by atoms with E-state index in [2.05, 4.69) is 51.9 Å². The van der Waals surface area contributed by atoms with Gasteiger partial charge >= 0.3 is 0 Å². The van der Waals surface area contributed by atoms with E-state index in [1.165, 1.54) is 13.5 Å². The number of aromatic nitrogens is 2. The normalized spacial score (nSPS) is 7.88. The average Bonchev–Trinajstić information content (AvgIpc) is 2.83. The van der Waals surface area contributed by atoms with Crippen molar-refractivity contribution < 1.29 is 4.74 Å². The maximum Gasteiger partial charge on any atom is 0.231 e. The molecule has 0 aromatic carbocycles. The largest absolute Gasteiger partial charge is 0.480 e. The Labute approximate surface area is 212 Å². The van der Waals surface area contributed by atoms with Gasteiger partial charge in [0.25, 0.3) is 0 Å². The van der Waals surface area contributed by atoms with Crippen molar-refractivity contribution in [1.82, 2.24) is 9.97 Å². The maximum absolute atomic E-state index is 8.75. The lowest BCUT2D eigenvalue weighted by Crippen LogP contribution is -1.96. The van der Waals surface area contributed by atoms with Crippen molar-refractivity contribution in [3.05, 3.63) is 50.4 Å². The number of methoxy groups -OCH3 is 1. The van der Waals surface area contributed by atoms with Gasteiger partial charge in [-0.3, -0.25) is 0 Å². The summed E-state index contributed by atoms with van der Waals surface area (Å²) in [7, 11) is 1.52. The Balaban J connectivity index is -0.000000189. The number of hydrogen-bond donors (Lipinski definition) is 0. The molecule has 0 N–H and O–H groups in total. The van der Waals surface area contributed by atoms with Crippen molar-refractivity contribution >= 4 is 15.9 Å². The Bertz CT molecular complexity index is 814. The molecular formula is C27H45BrN4O. The summed E-state index contributed by atoms with van der Waals surface area (Å²) in [6, 6.07) is 7.97. The first-order valence-electron chi connectivity index (χ1n) is 11.8. The highest BCUT2D eigenvalue weighted by Crippen LogP contribution is 2.19. The summed E-state index contributed by atoms with van der Waals surface area (Å²) in [5.41, 5.74) is 4.91. The second-order valence-electron chi connectivity index (χ2n) is 5.85. The van der Waals surface area contributed by atoms with Gasteiger partial charge in [-0.15, -0.1) is 0 Å². The number of hydrogen-bond acceptors (Lipinski definition) is 5. The van der Waals surface area contributed by atoms with E-state index in [1.807, 2.05) is 81.4 Å². The molecule has 6 heteroatoms. The van der Waals surface area contributed by atoms with Gasteiger partial charge < -0.3 is 4.74 Å². The van der Waals surface area contributed by atoms with Crippen LogP contribution in [0.3, 0.4) is 0 Å². The molecule has 0 atom stereocenters. The van der Waals surface area contributed by atoms with Gasteiger partial charge in [-0.05, 0) is 66.4 Å². The first-order chi connectivity index (χ1) is 15.8. The minimum Gasteiger partial charge on any atom is -0.480 e. The molecule has 0 amide bonds. The zero-order chi connectivity index (χ0) is 27.0. The van der Waals surface area contributed by atoms with Gasteiger partial charge in [-0.25, -0.2) is 9.97 Å². The molecule has 0 fully saturated rings. The molecule has 0 radical (unpaired) electrons. The molecule has 0 spiro atoms. The zero-order valence-electron chi connectivity index (χ0n) is 23.1. The third kappa shape index (κ3) is 15.9. The van der Waals surface area contributed by atoms with Crippen LogP contribution in [0.1, 0.15) is 102 Å². The van der Waals surface area contributed by atoms with Crippen LogP contribution in [-0.2, 0) is 6.42 Å². The lowest BCUT2D eigenvalue weighted by atomic mass is 10.1. The van der Waals surface area contributed by atoms with E-state index < -0.39 is 0 Å². The number of aryl methyl sites for hydroxylation is 4. The lowest BCUT2D eigenvalue weighted by molar-refractivity contribution is 0.395. The highest BCUT2D eigenvalue weighted by Gasteiger charge is 2.07. The maximum atomic E-state index is 8.75. The molecule has 0 aliphatic carbocycles. The van der Waals surface area contributed by atoms with E-state index in [0.29, 0.717) is 21.6 Å². The van der Waals surface area contributed by atoms with Crippen LogP contribution in [0, 0.1) is 43.4 Å². The Morgan fingerprint density at radius 1 is 0.818 bits per heavy atom. The number of halogens is 1. The van der Waals surface area contributed by atoms with Gasteiger partial charge in [0, 0.05) is 11.4 Å². The van der Waals surface area contributed by atoms with Crippen LogP contribution in [0.2, 0.25) is 0 Å². The second-order valence-corrected chi connectivity index (χ2v) is 6.60. The predicted octanol–water partition coefficient (Wildman–Crippen LogP) is 8.66. The van der Waals surface area contributed by atoms with Crippen molar-refractivity contribution in [1.29, 1.82) is 10.5 Å². The minimum atomic E-state index is 0.412. The highest BCUT2D eigenvalue weighted by atomic mass is 79.9. The molecule has 33 heavy (non-hydrogen) atoms. The molecule has 2 aromatic rings. The molecule has 5 nitrogen and oxygen atoms in total. The van der Waals surface area contributed by atoms with Gasteiger partial charge in [0.1, 0.15) is 22.3 Å². The summed E-state index contributed by atoms with van der Waals surface area (Å²) in [6.45, 7) is 24.0. The van der Waals surface area contributed by atoms with Crippen molar-refractivity contribution in [3.63, 3.8) is 0 Å². The topological polar surface area (TPSA) is 82.6 Å². The summed E-state index contributed by atoms with van der Waals surface area (Å²) in [5, 5.41) is 17.5. The van der Waals surface area contributed by atoms with Crippen LogP contribution in [0.25, 0.3) is 0 Å². The summed E-state index contributed by atoms with van der Waals surface area (Å²) >= 11 is 3.27. The van der Waals surface area contributed by atoms with Gasteiger partial charge in [-0.1, -0.05) is 68.7 Å². The van der Waals surface area contributed by atoms with Crippen molar-refractivity contribution in [2.24, 2.45) is 0 Å². The van der Waals surface area contributed by atoms with E-state index in [0.717, 1.165) is 28.9 Å². The number of ether oxygens (including phenoxy) is 1. The summed E-state index contributed by atoms with van der Waals surface area (Å²) in [5.74, 6) is 0.412. The SMILES string of the molecule is CC.CC.CC.CCC.CCc1cc(C)c(C#N)c(Br)n1.COc1nc(C)cc(C)c1C#N. The molecule has 0 saturated carbocycles. The first kappa shape index (κ1) is 37.9. The number of nitriles is 2. The standard InChI is InChI=1S/C9H9BrN2.C9H10N2O.C3H8.3C2H6/c1-3-7-4-6(2)8(5-11)9(10)12-7;1-6-4-7(2)11-9(12-3)8(6)5-10;1-3-2;3*1-2/h4H,3H2,1-2H3;4H,1-3H3;3H2,1-2H3;3*1-2H3. The summed E-state index contributed by atoms with van der Waals surface area (Å²) in [4.78, 5) is 8.30. The van der Waals surface area contributed by atoms with E-state index in [1.54, 1.807) is 0 Å². The summed E-state index contributed by atoms with van der Waals surface area (Å²) in [6.07, 6.45) is 2.14. The van der Waals surface area contributed by atoms with Crippen LogP contribution in [0.4, 0.5) is 0 Å². The van der Waals surface area contributed by atoms with Gasteiger partial charge in [0.05, 0.1) is 12.7 Å². The van der Waals surface area contributed by atoms with E-state index in [4.69, 9.17) is 15.3 Å². The lowest BCUT2D eigenvalue weighted by Gasteiger charge is -2.04. The van der Waals surface area contributed by atoms with Crippen LogP contribution in [0.15, 0.2) is 16.7 Å². The molecule has 2 aromatic heterocycles. The molecular weight excluding hydrogens is 476 g/mol. The third-order valence-electron chi connectivity index (χ3n) is 3.32. The van der Waals surface area contributed by atoms with E-state index in [-0.39, 0.29) is 0 Å². The predicted molar refractivity (Wildman–Crippen MR) is 146 cm³/mol. The number of rotatable bonds is 2. The van der Waals surface area contributed by atoms with Crippen LogP contribution >= 0.6 is 15.9 Å². The molecule has 0 saturated heterocycles. The third-order valence-corrected chi connectivity index (χ3v) is 3.89. The smallest absolute Gasteiger partial charge is 0.231 e. The highest BCUT2D eigenvalue weighted by molar-refractivity contribution is 9.10. The zero-order valence-corrected chi connectivity index (χ0v) is 24.7. The Morgan fingerprint density at radius 3 is 1.58 bits per heavy atom. The molecule has 2 rings (SSSR count). The number of nitrogens with zero attached hydrogens (tertiary/aromatic N) is 4. The van der Waals surface area contributed by atoms with Crippen LogP contribution in [-0.4, -0.2) is 17.1 Å². The fourth-order valence-corrected chi connectivity index (χ4v) is 2.73. The fourth-order valence-electron chi connectivity index (χ4n) is 2.10. The van der Waals surface area contributed by atoms with Gasteiger partial charge in [0.15, 0.2) is 0 Å². The van der Waals surface area contributed by atoms with Crippen molar-refractivity contribution in [2.75, 3.05) is 7.11 Å². The Kier molecular flexibility index (Phi) is 29.6. The minimum absolute atomic E-state index is 0.412.